The number of hydrogen-bond donors (Lipinski definition) is 0. The molecular formula is C20H25N3O3S. The lowest BCUT2D eigenvalue weighted by molar-refractivity contribution is 0.285. The van der Waals surface area contributed by atoms with Crippen molar-refractivity contribution in [2.24, 2.45) is 0 Å². The SMILES string of the molecule is CCS(=O)(=O)c1ccc2oc(CN(C)Cc3ccccc3N(C)C)nc2c1. The van der Waals surface area contributed by atoms with Gasteiger partial charge in [-0.2, -0.15) is 0 Å². The van der Waals surface area contributed by atoms with Crippen molar-refractivity contribution < 1.29 is 12.8 Å². The highest BCUT2D eigenvalue weighted by molar-refractivity contribution is 7.91. The van der Waals surface area contributed by atoms with E-state index in [4.69, 9.17) is 4.42 Å². The van der Waals surface area contributed by atoms with Crippen molar-refractivity contribution in [3.05, 3.63) is 53.9 Å². The summed E-state index contributed by atoms with van der Waals surface area (Å²) in [5.74, 6) is 0.637. The number of fused-ring (bicyclic) bond motifs is 1. The van der Waals surface area contributed by atoms with Crippen molar-refractivity contribution in [1.29, 1.82) is 0 Å². The molecule has 0 saturated heterocycles. The predicted octanol–water partition coefficient (Wildman–Crippen LogP) is 3.32. The molecule has 0 amide bonds. The number of sulfone groups is 1. The molecule has 1 heterocycles. The Morgan fingerprint density at radius 3 is 2.48 bits per heavy atom. The highest BCUT2D eigenvalue weighted by Gasteiger charge is 2.15. The zero-order chi connectivity index (χ0) is 19.6. The molecule has 0 radical (unpaired) electrons. The number of aromatic nitrogens is 1. The van der Waals surface area contributed by atoms with E-state index in [2.05, 4.69) is 26.9 Å². The zero-order valence-corrected chi connectivity index (χ0v) is 17.0. The molecule has 1 aromatic heterocycles. The number of hydrogen-bond acceptors (Lipinski definition) is 6. The maximum absolute atomic E-state index is 12.0. The van der Waals surface area contributed by atoms with E-state index < -0.39 is 9.84 Å². The topological polar surface area (TPSA) is 66.7 Å². The number of oxazole rings is 1. The fourth-order valence-electron chi connectivity index (χ4n) is 3.04. The maximum Gasteiger partial charge on any atom is 0.209 e. The molecule has 0 saturated carbocycles. The van der Waals surface area contributed by atoms with Crippen LogP contribution in [0.4, 0.5) is 5.69 Å². The molecule has 144 valence electrons. The van der Waals surface area contributed by atoms with Crippen LogP contribution in [0.5, 0.6) is 0 Å². The summed E-state index contributed by atoms with van der Waals surface area (Å²) in [5.41, 5.74) is 3.57. The van der Waals surface area contributed by atoms with Crippen LogP contribution in [-0.4, -0.2) is 45.2 Å². The summed E-state index contributed by atoms with van der Waals surface area (Å²) in [4.78, 5) is 8.98. The van der Waals surface area contributed by atoms with Crippen LogP contribution in [0.2, 0.25) is 0 Å². The Kier molecular flexibility index (Phi) is 5.53. The number of benzene rings is 2. The molecule has 0 aliphatic rings. The summed E-state index contributed by atoms with van der Waals surface area (Å²) in [7, 11) is 2.81. The van der Waals surface area contributed by atoms with Crippen LogP contribution >= 0.6 is 0 Å². The van der Waals surface area contributed by atoms with Crippen LogP contribution < -0.4 is 4.90 Å². The number of rotatable bonds is 7. The summed E-state index contributed by atoms with van der Waals surface area (Å²) in [6, 6.07) is 13.1. The van der Waals surface area contributed by atoms with Crippen molar-refractivity contribution in [2.75, 3.05) is 31.8 Å². The zero-order valence-electron chi connectivity index (χ0n) is 16.1. The molecule has 6 nitrogen and oxygen atoms in total. The van der Waals surface area contributed by atoms with E-state index in [1.54, 1.807) is 25.1 Å². The van der Waals surface area contributed by atoms with Gasteiger partial charge in [-0.3, -0.25) is 4.90 Å². The highest BCUT2D eigenvalue weighted by atomic mass is 32.2. The van der Waals surface area contributed by atoms with Gasteiger partial charge in [0, 0.05) is 26.3 Å². The molecule has 3 rings (SSSR count). The highest BCUT2D eigenvalue weighted by Crippen LogP contribution is 2.23. The van der Waals surface area contributed by atoms with E-state index in [1.807, 2.05) is 33.3 Å². The molecule has 0 bridgehead atoms. The molecule has 2 aromatic carbocycles. The third-order valence-electron chi connectivity index (χ3n) is 4.46. The van der Waals surface area contributed by atoms with Gasteiger partial charge in [0.1, 0.15) is 5.52 Å². The van der Waals surface area contributed by atoms with Crippen LogP contribution in [0.3, 0.4) is 0 Å². The van der Waals surface area contributed by atoms with Crippen LogP contribution in [0, 0.1) is 0 Å². The summed E-state index contributed by atoms with van der Waals surface area (Å²) >= 11 is 0. The van der Waals surface area contributed by atoms with Crippen molar-refractivity contribution in [3.63, 3.8) is 0 Å². The number of nitrogens with zero attached hydrogens (tertiary/aromatic N) is 3. The van der Waals surface area contributed by atoms with Gasteiger partial charge < -0.3 is 9.32 Å². The molecule has 0 spiro atoms. The predicted molar refractivity (Wildman–Crippen MR) is 108 cm³/mol. The van der Waals surface area contributed by atoms with Crippen molar-refractivity contribution in [1.82, 2.24) is 9.88 Å². The van der Waals surface area contributed by atoms with Crippen LogP contribution in [0.1, 0.15) is 18.4 Å². The first-order chi connectivity index (χ1) is 12.8. The van der Waals surface area contributed by atoms with Crippen LogP contribution in [0.15, 0.2) is 51.8 Å². The number of para-hydroxylation sites is 1. The third-order valence-corrected chi connectivity index (χ3v) is 6.19. The summed E-state index contributed by atoms with van der Waals surface area (Å²) < 4.78 is 29.9. The van der Waals surface area contributed by atoms with Crippen LogP contribution in [0.25, 0.3) is 11.1 Å². The Hall–Kier alpha value is -2.38. The average Bonchev–Trinajstić information content (AvgIpc) is 3.03. The molecular weight excluding hydrogens is 362 g/mol. The van der Waals surface area contributed by atoms with Gasteiger partial charge in [0.25, 0.3) is 0 Å². The second-order valence-corrected chi connectivity index (χ2v) is 9.11. The van der Waals surface area contributed by atoms with Gasteiger partial charge in [-0.05, 0) is 36.9 Å². The Bertz CT molecular complexity index is 1040. The van der Waals surface area contributed by atoms with Crippen molar-refractivity contribution in [2.45, 2.75) is 24.9 Å². The van der Waals surface area contributed by atoms with E-state index in [0.29, 0.717) is 23.5 Å². The van der Waals surface area contributed by atoms with Gasteiger partial charge in [-0.25, -0.2) is 13.4 Å². The molecule has 7 heteroatoms. The van der Waals surface area contributed by atoms with E-state index in [-0.39, 0.29) is 10.6 Å². The lowest BCUT2D eigenvalue weighted by Crippen LogP contribution is -2.20. The maximum atomic E-state index is 12.0. The normalized spacial score (nSPS) is 12.0. The van der Waals surface area contributed by atoms with Crippen molar-refractivity contribution in [3.8, 4) is 0 Å². The fourth-order valence-corrected chi connectivity index (χ4v) is 3.94. The largest absolute Gasteiger partial charge is 0.439 e. The Morgan fingerprint density at radius 1 is 1.04 bits per heavy atom. The summed E-state index contributed by atoms with van der Waals surface area (Å²) in [6.07, 6.45) is 0. The molecule has 0 N–H and O–H groups in total. The molecule has 3 aromatic rings. The first kappa shape index (κ1) is 19.4. The number of anilines is 1. The van der Waals surface area contributed by atoms with Gasteiger partial charge in [-0.1, -0.05) is 25.1 Å². The molecule has 0 aliphatic heterocycles. The second kappa shape index (κ2) is 7.70. The Balaban J connectivity index is 1.79. The first-order valence-electron chi connectivity index (χ1n) is 8.86. The molecule has 0 fully saturated rings. The Morgan fingerprint density at radius 2 is 1.78 bits per heavy atom. The lowest BCUT2D eigenvalue weighted by Gasteiger charge is -2.21. The van der Waals surface area contributed by atoms with Crippen LogP contribution in [-0.2, 0) is 22.9 Å². The van der Waals surface area contributed by atoms with E-state index >= 15 is 0 Å². The van der Waals surface area contributed by atoms with E-state index in [1.165, 1.54) is 11.3 Å². The van der Waals surface area contributed by atoms with E-state index in [9.17, 15) is 8.42 Å². The minimum atomic E-state index is -3.25. The smallest absolute Gasteiger partial charge is 0.209 e. The standard InChI is InChI=1S/C20H25N3O3S/c1-5-27(24,25)16-10-11-19-17(12-16)21-20(26-19)14-23(4)13-15-8-6-7-9-18(15)22(2)3/h6-12H,5,13-14H2,1-4H3. The van der Waals surface area contributed by atoms with Crippen molar-refractivity contribution >= 4 is 26.6 Å². The van der Waals surface area contributed by atoms with Gasteiger partial charge in [0.15, 0.2) is 15.4 Å². The Labute approximate surface area is 160 Å². The second-order valence-electron chi connectivity index (χ2n) is 6.84. The summed E-state index contributed by atoms with van der Waals surface area (Å²) in [5, 5.41) is 0. The molecule has 0 atom stereocenters. The van der Waals surface area contributed by atoms with Gasteiger partial charge in [-0.15, -0.1) is 0 Å². The average molecular weight is 388 g/mol. The quantitative estimate of drug-likeness (QED) is 0.620. The first-order valence-corrected chi connectivity index (χ1v) is 10.5. The molecule has 0 aliphatic carbocycles. The van der Waals surface area contributed by atoms with Gasteiger partial charge in [0.05, 0.1) is 17.2 Å². The summed E-state index contributed by atoms with van der Waals surface area (Å²) in [6.45, 7) is 2.92. The molecule has 0 unspecified atom stereocenters. The van der Waals surface area contributed by atoms with E-state index in [0.717, 1.165) is 6.54 Å². The molecule has 27 heavy (non-hydrogen) atoms. The lowest BCUT2D eigenvalue weighted by atomic mass is 10.1. The van der Waals surface area contributed by atoms with Gasteiger partial charge >= 0.3 is 0 Å². The van der Waals surface area contributed by atoms with Gasteiger partial charge in [0.2, 0.25) is 5.89 Å². The minimum Gasteiger partial charge on any atom is -0.439 e. The monoisotopic (exact) mass is 387 g/mol. The minimum absolute atomic E-state index is 0.0667. The fraction of sp³-hybridized carbons (Fsp3) is 0.350. The third kappa shape index (κ3) is 4.31.